The lowest BCUT2D eigenvalue weighted by atomic mass is 10.1. The van der Waals surface area contributed by atoms with Gasteiger partial charge in [-0.3, -0.25) is 9.48 Å². The zero-order valence-corrected chi connectivity index (χ0v) is 17.5. The lowest BCUT2D eigenvalue weighted by Gasteiger charge is -2.10. The van der Waals surface area contributed by atoms with Gasteiger partial charge in [0.25, 0.3) is 0 Å². The molecular weight excluding hydrogens is 394 g/mol. The second kappa shape index (κ2) is 8.92. The first-order chi connectivity index (χ1) is 15.0. The highest BCUT2D eigenvalue weighted by Crippen LogP contribution is 2.19. The molecule has 0 saturated heterocycles. The summed E-state index contributed by atoms with van der Waals surface area (Å²) in [4.78, 5) is 17.8. The lowest BCUT2D eigenvalue weighted by Crippen LogP contribution is -2.32. The summed E-state index contributed by atoms with van der Waals surface area (Å²) in [5, 5.41) is 18.2. The Morgan fingerprint density at radius 1 is 1.16 bits per heavy atom. The van der Waals surface area contributed by atoms with Crippen molar-refractivity contribution in [1.29, 1.82) is 0 Å². The average molecular weight is 419 g/mol. The molecule has 4 rings (SSSR count). The van der Waals surface area contributed by atoms with Crippen LogP contribution in [0.4, 0.5) is 5.82 Å². The molecule has 0 bridgehead atoms. The van der Waals surface area contributed by atoms with Crippen LogP contribution in [0.25, 0.3) is 11.2 Å². The van der Waals surface area contributed by atoms with Crippen molar-refractivity contribution in [2.75, 3.05) is 26.4 Å². The fraction of sp³-hybridized carbons (Fsp3) is 0.286. The van der Waals surface area contributed by atoms with E-state index in [9.17, 15) is 4.79 Å². The molecule has 0 saturated carbocycles. The number of anilines is 1. The molecule has 1 amide bonds. The van der Waals surface area contributed by atoms with Gasteiger partial charge in [-0.15, -0.1) is 5.10 Å². The number of aromatic amines is 1. The molecule has 3 heterocycles. The quantitative estimate of drug-likeness (QED) is 0.387. The maximum atomic E-state index is 11.8. The van der Waals surface area contributed by atoms with Gasteiger partial charge in [0.2, 0.25) is 11.6 Å². The highest BCUT2D eigenvalue weighted by molar-refractivity contribution is 5.78. The maximum absolute atomic E-state index is 11.8. The number of fused-ring (bicyclic) bond motifs is 1. The highest BCUT2D eigenvalue weighted by Gasteiger charge is 2.10. The Kier molecular flexibility index (Phi) is 5.89. The number of rotatable bonds is 8. The molecule has 0 aliphatic carbocycles. The van der Waals surface area contributed by atoms with E-state index in [-0.39, 0.29) is 5.91 Å². The number of H-pyrrole nitrogens is 1. The van der Waals surface area contributed by atoms with Crippen LogP contribution in [0.3, 0.4) is 0 Å². The molecule has 31 heavy (non-hydrogen) atoms. The standard InChI is InChI=1S/C21H25N9O/c1-29(2)13-19(31)23-9-14-3-5-15(6-4-14)11-30-12-16(10-24-30)7-17-8-18(22)25-21-20(17)26-28-27-21/h3-6,8,10,12H,7,9,11,13H2,1-2H3,(H,23,31)(H3,22,25,26,27,28). The van der Waals surface area contributed by atoms with Crippen molar-refractivity contribution < 1.29 is 4.79 Å². The number of aromatic nitrogens is 6. The largest absolute Gasteiger partial charge is 0.384 e. The van der Waals surface area contributed by atoms with Crippen LogP contribution in [-0.2, 0) is 24.3 Å². The summed E-state index contributed by atoms with van der Waals surface area (Å²) in [5.74, 6) is 0.429. The zero-order chi connectivity index (χ0) is 21.8. The van der Waals surface area contributed by atoms with E-state index >= 15 is 0 Å². The Morgan fingerprint density at radius 2 is 1.94 bits per heavy atom. The molecular formula is C21H25N9O. The molecule has 4 aromatic rings. The fourth-order valence-corrected chi connectivity index (χ4v) is 3.35. The molecule has 0 aliphatic heterocycles. The van der Waals surface area contributed by atoms with Crippen LogP contribution in [-0.4, -0.2) is 61.6 Å². The van der Waals surface area contributed by atoms with Crippen molar-refractivity contribution in [2.24, 2.45) is 0 Å². The van der Waals surface area contributed by atoms with Crippen molar-refractivity contribution in [2.45, 2.75) is 19.5 Å². The maximum Gasteiger partial charge on any atom is 0.234 e. The normalized spacial score (nSPS) is 11.3. The van der Waals surface area contributed by atoms with E-state index in [0.29, 0.717) is 37.5 Å². The van der Waals surface area contributed by atoms with Gasteiger partial charge in [0.1, 0.15) is 11.3 Å². The first-order valence-electron chi connectivity index (χ1n) is 9.93. The number of pyridine rings is 1. The van der Waals surface area contributed by atoms with Crippen molar-refractivity contribution >= 4 is 22.9 Å². The minimum Gasteiger partial charge on any atom is -0.384 e. The van der Waals surface area contributed by atoms with Gasteiger partial charge in [0.05, 0.1) is 19.3 Å². The van der Waals surface area contributed by atoms with Crippen LogP contribution in [0.2, 0.25) is 0 Å². The van der Waals surface area contributed by atoms with Crippen LogP contribution in [0, 0.1) is 0 Å². The van der Waals surface area contributed by atoms with Gasteiger partial charge in [-0.2, -0.15) is 15.4 Å². The summed E-state index contributed by atoms with van der Waals surface area (Å²) in [7, 11) is 3.74. The van der Waals surface area contributed by atoms with Gasteiger partial charge < -0.3 is 16.0 Å². The van der Waals surface area contributed by atoms with E-state index in [1.54, 1.807) is 0 Å². The number of carbonyl (C=O) groups excluding carboxylic acids is 1. The monoisotopic (exact) mass is 419 g/mol. The Morgan fingerprint density at radius 3 is 2.71 bits per heavy atom. The molecule has 0 radical (unpaired) electrons. The van der Waals surface area contributed by atoms with Gasteiger partial charge in [-0.05, 0) is 42.4 Å². The molecule has 0 unspecified atom stereocenters. The summed E-state index contributed by atoms with van der Waals surface area (Å²) in [6, 6.07) is 9.97. The third-order valence-corrected chi connectivity index (χ3v) is 4.79. The third kappa shape index (κ3) is 5.23. The number of nitrogens with one attached hydrogen (secondary N) is 2. The first-order valence-corrected chi connectivity index (χ1v) is 9.93. The van der Waals surface area contributed by atoms with E-state index in [1.165, 1.54) is 0 Å². The van der Waals surface area contributed by atoms with E-state index in [1.807, 2.05) is 54.3 Å². The predicted molar refractivity (Wildman–Crippen MR) is 117 cm³/mol. The number of carbonyl (C=O) groups is 1. The smallest absolute Gasteiger partial charge is 0.234 e. The second-order valence-corrected chi connectivity index (χ2v) is 7.76. The summed E-state index contributed by atoms with van der Waals surface area (Å²) >= 11 is 0. The minimum atomic E-state index is 0.0111. The summed E-state index contributed by atoms with van der Waals surface area (Å²) < 4.78 is 1.90. The van der Waals surface area contributed by atoms with Gasteiger partial charge in [0, 0.05) is 19.2 Å². The molecule has 10 nitrogen and oxygen atoms in total. The van der Waals surface area contributed by atoms with E-state index < -0.39 is 0 Å². The van der Waals surface area contributed by atoms with Crippen molar-refractivity contribution in [3.63, 3.8) is 0 Å². The molecule has 0 fully saturated rings. The van der Waals surface area contributed by atoms with Crippen molar-refractivity contribution in [1.82, 2.24) is 40.4 Å². The number of hydrogen-bond donors (Lipinski definition) is 3. The number of amides is 1. The molecule has 1 aromatic carbocycles. The average Bonchev–Trinajstić information content (AvgIpc) is 3.36. The predicted octanol–water partition coefficient (Wildman–Crippen LogP) is 0.948. The van der Waals surface area contributed by atoms with Crippen molar-refractivity contribution in [3.05, 3.63) is 65.0 Å². The molecule has 0 spiro atoms. The molecule has 10 heteroatoms. The summed E-state index contributed by atoms with van der Waals surface area (Å²) in [6.45, 7) is 1.56. The Hall–Kier alpha value is -3.79. The Labute approximate surface area is 179 Å². The minimum absolute atomic E-state index is 0.0111. The van der Waals surface area contributed by atoms with Gasteiger partial charge in [-0.25, -0.2) is 4.98 Å². The molecule has 3 aromatic heterocycles. The van der Waals surface area contributed by atoms with Crippen LogP contribution in [0.5, 0.6) is 0 Å². The lowest BCUT2D eigenvalue weighted by molar-refractivity contribution is -0.121. The highest BCUT2D eigenvalue weighted by atomic mass is 16.2. The fourth-order valence-electron chi connectivity index (χ4n) is 3.35. The Bertz CT molecular complexity index is 1180. The first kappa shape index (κ1) is 20.5. The number of benzene rings is 1. The number of nitrogens with two attached hydrogens (primary N) is 1. The van der Waals surface area contributed by atoms with Gasteiger partial charge in [0.15, 0.2) is 0 Å². The SMILES string of the molecule is CN(C)CC(=O)NCc1ccc(Cn2cc(Cc3cc(N)nc4n[nH]nc34)cn2)cc1. The van der Waals surface area contributed by atoms with E-state index in [0.717, 1.165) is 27.8 Å². The summed E-state index contributed by atoms with van der Waals surface area (Å²) in [5.41, 5.74) is 11.3. The van der Waals surface area contributed by atoms with Crippen LogP contribution in [0.15, 0.2) is 42.7 Å². The topological polar surface area (TPSA) is 131 Å². The van der Waals surface area contributed by atoms with Crippen LogP contribution >= 0.6 is 0 Å². The molecule has 0 atom stereocenters. The number of nitrogen functional groups attached to an aromatic ring is 1. The number of likely N-dealkylation sites (N-methyl/N-ethyl adjacent to an activating group) is 1. The summed E-state index contributed by atoms with van der Waals surface area (Å²) in [6.07, 6.45) is 4.50. The third-order valence-electron chi connectivity index (χ3n) is 4.79. The van der Waals surface area contributed by atoms with Crippen LogP contribution in [0.1, 0.15) is 22.3 Å². The van der Waals surface area contributed by atoms with E-state index in [2.05, 4.69) is 42.9 Å². The molecule has 0 aliphatic rings. The van der Waals surface area contributed by atoms with Crippen LogP contribution < -0.4 is 11.1 Å². The Balaban J connectivity index is 1.36. The number of hydrogen-bond acceptors (Lipinski definition) is 7. The van der Waals surface area contributed by atoms with Gasteiger partial charge >= 0.3 is 0 Å². The number of nitrogens with zero attached hydrogens (tertiary/aromatic N) is 6. The van der Waals surface area contributed by atoms with E-state index in [4.69, 9.17) is 5.73 Å². The molecule has 160 valence electrons. The van der Waals surface area contributed by atoms with Crippen molar-refractivity contribution in [3.8, 4) is 0 Å². The molecule has 4 N–H and O–H groups in total. The second-order valence-electron chi connectivity index (χ2n) is 7.76. The van der Waals surface area contributed by atoms with Gasteiger partial charge in [-0.1, -0.05) is 24.3 Å². The zero-order valence-electron chi connectivity index (χ0n) is 17.5.